The molecule has 5 nitrogen and oxygen atoms in total. The third-order valence-corrected chi connectivity index (χ3v) is 4.43. The standard InChI is InChI=1S/C13H14F2N2O3S/c14-13(15)8-6-10(7-9-13)16-12(18)17-21(19,20)11-4-2-1-3-5-11/h1-5H,6-9H2,(H,17,18). The predicted molar refractivity (Wildman–Crippen MR) is 73.0 cm³/mol. The molecule has 0 bridgehead atoms. The SMILES string of the molecule is O=C(N=C1CCC(F)(F)CC1)NS(=O)(=O)c1ccccc1. The third kappa shape index (κ3) is 4.32. The number of carbonyl (C=O) groups excluding carboxylic acids is 1. The largest absolute Gasteiger partial charge is 0.354 e. The Bertz CT molecular complexity index is 645. The molecule has 0 saturated heterocycles. The Morgan fingerprint density at radius 1 is 1.14 bits per heavy atom. The normalized spacial score (nSPS) is 18.1. The van der Waals surface area contributed by atoms with Gasteiger partial charge in [-0.05, 0) is 25.0 Å². The lowest BCUT2D eigenvalue weighted by atomic mass is 9.95. The highest BCUT2D eigenvalue weighted by Gasteiger charge is 2.33. The van der Waals surface area contributed by atoms with E-state index >= 15 is 0 Å². The highest BCUT2D eigenvalue weighted by atomic mass is 32.2. The minimum absolute atomic E-state index is 0.00813. The Kier molecular flexibility index (Phi) is 4.36. The van der Waals surface area contributed by atoms with Gasteiger partial charge in [0, 0.05) is 18.6 Å². The van der Waals surface area contributed by atoms with Gasteiger partial charge in [-0.1, -0.05) is 18.2 Å². The number of amides is 2. The fourth-order valence-electron chi connectivity index (χ4n) is 1.96. The molecule has 21 heavy (non-hydrogen) atoms. The number of urea groups is 1. The first-order chi connectivity index (χ1) is 9.78. The summed E-state index contributed by atoms with van der Waals surface area (Å²) in [5, 5.41) is 0. The van der Waals surface area contributed by atoms with Crippen LogP contribution in [0.3, 0.4) is 0 Å². The van der Waals surface area contributed by atoms with Gasteiger partial charge in [0.05, 0.1) is 4.90 Å². The van der Waals surface area contributed by atoms with Crippen molar-refractivity contribution in [3.8, 4) is 0 Å². The molecule has 0 aliphatic heterocycles. The second-order valence-electron chi connectivity index (χ2n) is 4.76. The molecule has 0 atom stereocenters. The summed E-state index contributed by atoms with van der Waals surface area (Å²) in [6.07, 6.45) is -0.757. The van der Waals surface area contributed by atoms with E-state index in [0.717, 1.165) is 0 Å². The molecule has 1 fully saturated rings. The van der Waals surface area contributed by atoms with Crippen molar-refractivity contribution in [2.24, 2.45) is 4.99 Å². The number of sulfonamides is 1. The lowest BCUT2D eigenvalue weighted by molar-refractivity contribution is -0.0181. The molecule has 1 aromatic carbocycles. The van der Waals surface area contributed by atoms with Crippen LogP contribution in [0, 0.1) is 0 Å². The van der Waals surface area contributed by atoms with Crippen LogP contribution < -0.4 is 4.72 Å². The van der Waals surface area contributed by atoms with E-state index in [0.29, 0.717) is 5.71 Å². The van der Waals surface area contributed by atoms with E-state index in [9.17, 15) is 22.0 Å². The topological polar surface area (TPSA) is 75.6 Å². The van der Waals surface area contributed by atoms with E-state index in [4.69, 9.17) is 0 Å². The maximum atomic E-state index is 13.0. The van der Waals surface area contributed by atoms with Gasteiger partial charge in [0.1, 0.15) is 0 Å². The molecule has 1 aliphatic rings. The van der Waals surface area contributed by atoms with Gasteiger partial charge in [-0.15, -0.1) is 0 Å². The lowest BCUT2D eigenvalue weighted by Gasteiger charge is -2.22. The zero-order chi connectivity index (χ0) is 15.5. The van der Waals surface area contributed by atoms with Gasteiger partial charge >= 0.3 is 6.03 Å². The molecule has 1 saturated carbocycles. The second kappa shape index (κ2) is 5.88. The molecular formula is C13H14F2N2O3S. The van der Waals surface area contributed by atoms with Crippen LogP contribution in [-0.4, -0.2) is 26.1 Å². The second-order valence-corrected chi connectivity index (χ2v) is 6.44. The van der Waals surface area contributed by atoms with Crippen LogP contribution in [0.4, 0.5) is 13.6 Å². The van der Waals surface area contributed by atoms with Crippen molar-refractivity contribution < 1.29 is 22.0 Å². The molecule has 2 amide bonds. The molecule has 0 heterocycles. The van der Waals surface area contributed by atoms with Crippen molar-refractivity contribution in [1.82, 2.24) is 4.72 Å². The van der Waals surface area contributed by atoms with E-state index in [1.165, 1.54) is 24.3 Å². The number of alkyl halides is 2. The maximum Gasteiger partial charge on any atom is 0.354 e. The summed E-state index contributed by atoms with van der Waals surface area (Å²) in [7, 11) is -3.99. The molecule has 0 spiro atoms. The number of nitrogens with one attached hydrogen (secondary N) is 1. The molecule has 0 aromatic heterocycles. The summed E-state index contributed by atoms with van der Waals surface area (Å²) in [6, 6.07) is 6.30. The summed E-state index contributed by atoms with van der Waals surface area (Å²) < 4.78 is 51.4. The Morgan fingerprint density at radius 2 is 1.71 bits per heavy atom. The first kappa shape index (κ1) is 15.6. The first-order valence-electron chi connectivity index (χ1n) is 6.35. The van der Waals surface area contributed by atoms with Crippen molar-refractivity contribution in [3.05, 3.63) is 30.3 Å². The highest BCUT2D eigenvalue weighted by molar-refractivity contribution is 7.90. The molecule has 1 aromatic rings. The first-order valence-corrected chi connectivity index (χ1v) is 7.83. The Labute approximate surface area is 121 Å². The third-order valence-electron chi connectivity index (χ3n) is 3.09. The number of carbonyl (C=O) groups is 1. The highest BCUT2D eigenvalue weighted by Crippen LogP contribution is 2.31. The summed E-state index contributed by atoms with van der Waals surface area (Å²) in [5.41, 5.74) is 0.293. The zero-order valence-electron chi connectivity index (χ0n) is 11.1. The van der Waals surface area contributed by atoms with Gasteiger partial charge < -0.3 is 0 Å². The Hall–Kier alpha value is -1.83. The maximum absolute atomic E-state index is 13.0. The lowest BCUT2D eigenvalue weighted by Crippen LogP contribution is -2.30. The van der Waals surface area contributed by atoms with Gasteiger partial charge in [0.2, 0.25) is 5.92 Å². The zero-order valence-corrected chi connectivity index (χ0v) is 11.9. The van der Waals surface area contributed by atoms with Crippen molar-refractivity contribution in [2.75, 3.05) is 0 Å². The van der Waals surface area contributed by atoms with Crippen LogP contribution in [0.15, 0.2) is 40.2 Å². The van der Waals surface area contributed by atoms with E-state index in [-0.39, 0.29) is 30.6 Å². The summed E-state index contributed by atoms with van der Waals surface area (Å²) in [4.78, 5) is 15.1. The molecule has 1 aliphatic carbocycles. The Balaban J connectivity index is 2.02. The average Bonchev–Trinajstić information content (AvgIpc) is 2.42. The van der Waals surface area contributed by atoms with Crippen molar-refractivity contribution in [1.29, 1.82) is 0 Å². The molecule has 8 heteroatoms. The molecular weight excluding hydrogens is 302 g/mol. The number of benzene rings is 1. The molecule has 1 N–H and O–H groups in total. The number of nitrogens with zero attached hydrogens (tertiary/aromatic N) is 1. The van der Waals surface area contributed by atoms with Gasteiger partial charge in [-0.2, -0.15) is 0 Å². The van der Waals surface area contributed by atoms with Gasteiger partial charge in [0.15, 0.2) is 0 Å². The van der Waals surface area contributed by atoms with Gasteiger partial charge in [0.25, 0.3) is 10.0 Å². The molecule has 0 unspecified atom stereocenters. The fourth-order valence-corrected chi connectivity index (χ4v) is 2.86. The molecule has 114 valence electrons. The van der Waals surface area contributed by atoms with Crippen LogP contribution in [0.2, 0.25) is 0 Å². The van der Waals surface area contributed by atoms with Crippen LogP contribution in [0.5, 0.6) is 0 Å². The van der Waals surface area contributed by atoms with Crippen LogP contribution in [0.25, 0.3) is 0 Å². The quantitative estimate of drug-likeness (QED) is 0.911. The van der Waals surface area contributed by atoms with Crippen molar-refractivity contribution >= 4 is 21.8 Å². The van der Waals surface area contributed by atoms with E-state index < -0.39 is 22.0 Å². The summed E-state index contributed by atoms with van der Waals surface area (Å²) in [6.45, 7) is 0. The number of aliphatic imine (C=N–C) groups is 1. The van der Waals surface area contributed by atoms with Crippen molar-refractivity contribution in [3.63, 3.8) is 0 Å². The smallest absolute Gasteiger partial charge is 0.245 e. The van der Waals surface area contributed by atoms with Gasteiger partial charge in [-0.3, -0.25) is 0 Å². The van der Waals surface area contributed by atoms with E-state index in [2.05, 4.69) is 4.99 Å². The average molecular weight is 316 g/mol. The number of hydrogen-bond acceptors (Lipinski definition) is 3. The van der Waals surface area contributed by atoms with E-state index in [1.54, 1.807) is 10.8 Å². The predicted octanol–water partition coefficient (Wildman–Crippen LogP) is 2.74. The Morgan fingerprint density at radius 3 is 2.29 bits per heavy atom. The summed E-state index contributed by atoms with van der Waals surface area (Å²) >= 11 is 0. The van der Waals surface area contributed by atoms with E-state index in [1.807, 2.05) is 0 Å². The molecule has 0 radical (unpaired) electrons. The number of rotatable bonds is 2. The molecule has 2 rings (SSSR count). The number of hydrogen-bond donors (Lipinski definition) is 1. The monoisotopic (exact) mass is 316 g/mol. The van der Waals surface area contributed by atoms with Crippen LogP contribution in [-0.2, 0) is 10.0 Å². The number of halogens is 2. The van der Waals surface area contributed by atoms with Crippen LogP contribution in [0.1, 0.15) is 25.7 Å². The fraction of sp³-hybridized carbons (Fsp3) is 0.385. The minimum Gasteiger partial charge on any atom is -0.245 e. The summed E-state index contributed by atoms with van der Waals surface area (Å²) in [5.74, 6) is -2.73. The minimum atomic E-state index is -3.99. The van der Waals surface area contributed by atoms with Crippen LogP contribution >= 0.6 is 0 Å². The van der Waals surface area contributed by atoms with Crippen molar-refractivity contribution in [2.45, 2.75) is 36.5 Å². The van der Waals surface area contributed by atoms with Gasteiger partial charge in [-0.25, -0.2) is 31.7 Å².